The van der Waals surface area contributed by atoms with E-state index in [2.05, 4.69) is 46.3 Å². The van der Waals surface area contributed by atoms with Gasteiger partial charge in [0.2, 0.25) is 5.91 Å². The van der Waals surface area contributed by atoms with E-state index in [9.17, 15) is 4.79 Å². The first-order chi connectivity index (χ1) is 10.0. The molecule has 1 aromatic carbocycles. The Morgan fingerprint density at radius 3 is 2.57 bits per heavy atom. The highest BCUT2D eigenvalue weighted by atomic mass is 32.1. The minimum atomic E-state index is -0.395. The zero-order chi connectivity index (χ0) is 15.3. The molecule has 4 heteroatoms. The molecule has 2 N–H and O–H groups in total. The van der Waals surface area contributed by atoms with Gasteiger partial charge in [-0.2, -0.15) is 0 Å². The van der Waals surface area contributed by atoms with Crippen molar-refractivity contribution in [3.05, 3.63) is 46.7 Å². The lowest BCUT2D eigenvalue weighted by molar-refractivity contribution is -0.128. The van der Waals surface area contributed by atoms with Crippen LogP contribution < -0.4 is 10.6 Å². The summed E-state index contributed by atoms with van der Waals surface area (Å²) in [6, 6.07) is 12.6. The Morgan fingerprint density at radius 2 is 1.90 bits per heavy atom. The van der Waals surface area contributed by atoms with E-state index in [0.29, 0.717) is 6.54 Å². The Kier molecular flexibility index (Phi) is 5.15. The number of amides is 1. The fraction of sp³-hybridized carbons (Fsp3) is 0.353. The van der Waals surface area contributed by atoms with Gasteiger partial charge in [-0.15, -0.1) is 11.3 Å². The van der Waals surface area contributed by atoms with Gasteiger partial charge in [-0.3, -0.25) is 4.79 Å². The summed E-state index contributed by atoms with van der Waals surface area (Å²) in [5.74, 6) is 0.0613. The third-order valence-electron chi connectivity index (χ3n) is 3.47. The molecule has 2 rings (SSSR count). The Bertz CT molecular complexity index is 590. The van der Waals surface area contributed by atoms with E-state index < -0.39 is 5.41 Å². The van der Waals surface area contributed by atoms with E-state index in [1.165, 1.54) is 16.0 Å². The van der Waals surface area contributed by atoms with E-state index in [-0.39, 0.29) is 5.91 Å². The molecular weight excluding hydrogens is 280 g/mol. The number of rotatable bonds is 6. The molecule has 0 spiro atoms. The number of carbonyl (C=O) groups is 1. The lowest BCUT2D eigenvalue weighted by Crippen LogP contribution is -2.41. The monoisotopic (exact) mass is 302 g/mol. The Balaban J connectivity index is 1.91. The van der Waals surface area contributed by atoms with E-state index in [4.69, 9.17) is 0 Å². The van der Waals surface area contributed by atoms with E-state index >= 15 is 0 Å². The first-order valence-corrected chi connectivity index (χ1v) is 7.96. The molecule has 21 heavy (non-hydrogen) atoms. The van der Waals surface area contributed by atoms with Gasteiger partial charge in [-0.25, -0.2) is 0 Å². The number of benzene rings is 1. The van der Waals surface area contributed by atoms with E-state index in [0.717, 1.165) is 6.54 Å². The van der Waals surface area contributed by atoms with Crippen LogP contribution in [0.2, 0.25) is 0 Å². The average molecular weight is 302 g/mol. The molecule has 0 bridgehead atoms. The second-order valence-electron chi connectivity index (χ2n) is 5.73. The molecule has 0 aliphatic carbocycles. The summed E-state index contributed by atoms with van der Waals surface area (Å²) in [7, 11) is 1.68. The van der Waals surface area contributed by atoms with E-state index in [1.807, 2.05) is 19.9 Å². The predicted octanol–water partition coefficient (Wildman–Crippen LogP) is 3.28. The Hall–Kier alpha value is -1.65. The lowest BCUT2D eigenvalue weighted by Gasteiger charge is -2.22. The topological polar surface area (TPSA) is 41.1 Å². The quantitative estimate of drug-likeness (QED) is 0.860. The molecule has 0 aliphatic rings. The number of carbonyl (C=O) groups excluding carboxylic acids is 1. The molecule has 0 radical (unpaired) electrons. The van der Waals surface area contributed by atoms with E-state index in [1.54, 1.807) is 18.4 Å². The van der Waals surface area contributed by atoms with Crippen molar-refractivity contribution in [1.82, 2.24) is 10.6 Å². The van der Waals surface area contributed by atoms with Gasteiger partial charge in [-0.1, -0.05) is 30.3 Å². The number of hydrogen-bond acceptors (Lipinski definition) is 3. The molecule has 0 fully saturated rings. The highest BCUT2D eigenvalue weighted by Gasteiger charge is 2.25. The maximum absolute atomic E-state index is 11.7. The van der Waals surface area contributed by atoms with Crippen LogP contribution in [-0.2, 0) is 11.3 Å². The summed E-state index contributed by atoms with van der Waals surface area (Å²) in [5, 5.41) is 8.25. The van der Waals surface area contributed by atoms with Crippen LogP contribution in [0.25, 0.3) is 11.1 Å². The number of thiophene rings is 1. The maximum atomic E-state index is 11.7. The number of hydrogen-bond donors (Lipinski definition) is 2. The van der Waals surface area contributed by atoms with Gasteiger partial charge in [0.15, 0.2) is 0 Å². The first-order valence-electron chi connectivity index (χ1n) is 7.08. The standard InChI is InChI=1S/C17H22N2OS/c1-17(2,16(20)18-3)12-19-10-15-9-14(11-21-15)13-7-5-4-6-8-13/h4-9,11,19H,10,12H2,1-3H3,(H,18,20). The normalized spacial score (nSPS) is 11.4. The summed E-state index contributed by atoms with van der Waals surface area (Å²) >= 11 is 1.75. The van der Waals surface area contributed by atoms with Crippen molar-refractivity contribution in [2.75, 3.05) is 13.6 Å². The largest absolute Gasteiger partial charge is 0.359 e. The highest BCUT2D eigenvalue weighted by molar-refractivity contribution is 7.10. The number of nitrogens with one attached hydrogen (secondary N) is 2. The van der Waals surface area contributed by atoms with Crippen LogP contribution >= 0.6 is 11.3 Å². The first kappa shape index (κ1) is 15.7. The van der Waals surface area contributed by atoms with Gasteiger partial charge in [0.05, 0.1) is 5.41 Å². The fourth-order valence-electron chi connectivity index (χ4n) is 2.17. The molecule has 0 unspecified atom stereocenters. The molecular formula is C17H22N2OS. The van der Waals surface area contributed by atoms with Crippen molar-refractivity contribution in [1.29, 1.82) is 0 Å². The van der Waals surface area contributed by atoms with Crippen molar-refractivity contribution >= 4 is 17.2 Å². The average Bonchev–Trinajstić information content (AvgIpc) is 2.96. The molecule has 3 nitrogen and oxygen atoms in total. The molecule has 2 aromatic rings. The Labute approximate surface area is 130 Å². The maximum Gasteiger partial charge on any atom is 0.226 e. The SMILES string of the molecule is CNC(=O)C(C)(C)CNCc1cc(-c2ccccc2)cs1. The van der Waals surface area contributed by atoms with Crippen molar-refractivity contribution < 1.29 is 4.79 Å². The van der Waals surface area contributed by atoms with Crippen LogP contribution in [0.3, 0.4) is 0 Å². The fourth-order valence-corrected chi connectivity index (χ4v) is 3.04. The molecule has 1 heterocycles. The van der Waals surface area contributed by atoms with Crippen LogP contribution in [-0.4, -0.2) is 19.5 Å². The van der Waals surface area contributed by atoms with Crippen LogP contribution in [0.1, 0.15) is 18.7 Å². The van der Waals surface area contributed by atoms with Crippen LogP contribution in [0, 0.1) is 5.41 Å². The summed E-state index contributed by atoms with van der Waals surface area (Å²) < 4.78 is 0. The molecule has 1 aromatic heterocycles. The summed E-state index contributed by atoms with van der Waals surface area (Å²) in [4.78, 5) is 13.0. The van der Waals surface area contributed by atoms with Gasteiger partial charge < -0.3 is 10.6 Å². The van der Waals surface area contributed by atoms with Crippen molar-refractivity contribution in [3.63, 3.8) is 0 Å². The van der Waals surface area contributed by atoms with Crippen LogP contribution in [0.15, 0.2) is 41.8 Å². The third kappa shape index (κ3) is 4.16. The molecule has 0 saturated carbocycles. The smallest absolute Gasteiger partial charge is 0.226 e. The lowest BCUT2D eigenvalue weighted by atomic mass is 9.92. The van der Waals surface area contributed by atoms with Crippen molar-refractivity contribution in [3.8, 4) is 11.1 Å². The van der Waals surface area contributed by atoms with Gasteiger partial charge in [0.1, 0.15) is 0 Å². The van der Waals surface area contributed by atoms with Crippen LogP contribution in [0.5, 0.6) is 0 Å². The molecule has 0 atom stereocenters. The second-order valence-corrected chi connectivity index (χ2v) is 6.73. The molecule has 1 amide bonds. The van der Waals surface area contributed by atoms with Crippen molar-refractivity contribution in [2.24, 2.45) is 5.41 Å². The third-order valence-corrected chi connectivity index (χ3v) is 4.41. The minimum Gasteiger partial charge on any atom is -0.359 e. The Morgan fingerprint density at radius 1 is 1.19 bits per heavy atom. The summed E-state index contributed by atoms with van der Waals surface area (Å²) in [5.41, 5.74) is 2.10. The van der Waals surface area contributed by atoms with Crippen molar-refractivity contribution in [2.45, 2.75) is 20.4 Å². The molecule has 0 saturated heterocycles. The van der Waals surface area contributed by atoms with Gasteiger partial charge >= 0.3 is 0 Å². The second kappa shape index (κ2) is 6.87. The zero-order valence-corrected chi connectivity index (χ0v) is 13.6. The summed E-state index contributed by atoms with van der Waals surface area (Å²) in [6.07, 6.45) is 0. The van der Waals surface area contributed by atoms with Crippen LogP contribution in [0.4, 0.5) is 0 Å². The van der Waals surface area contributed by atoms with Gasteiger partial charge in [0.25, 0.3) is 0 Å². The van der Waals surface area contributed by atoms with Gasteiger partial charge in [0, 0.05) is 25.0 Å². The predicted molar refractivity (Wildman–Crippen MR) is 89.3 cm³/mol. The zero-order valence-electron chi connectivity index (χ0n) is 12.8. The molecule has 0 aliphatic heterocycles. The summed E-state index contributed by atoms with van der Waals surface area (Å²) in [6.45, 7) is 5.34. The molecule has 112 valence electrons. The minimum absolute atomic E-state index is 0.0613. The van der Waals surface area contributed by atoms with Gasteiger partial charge in [-0.05, 0) is 36.4 Å². The highest BCUT2D eigenvalue weighted by Crippen LogP contribution is 2.25.